The zero-order valence-corrected chi connectivity index (χ0v) is 18.8. The number of aromatic nitrogens is 1. The summed E-state index contributed by atoms with van der Waals surface area (Å²) in [5, 5.41) is 9.52. The summed E-state index contributed by atoms with van der Waals surface area (Å²) in [5.74, 6) is 0.961. The lowest BCUT2D eigenvalue weighted by Gasteiger charge is -2.29. The molecule has 1 heterocycles. The van der Waals surface area contributed by atoms with E-state index in [9.17, 15) is 14.3 Å². The first-order valence-corrected chi connectivity index (χ1v) is 11.6. The summed E-state index contributed by atoms with van der Waals surface area (Å²) >= 11 is 0. The molecule has 2 aromatic rings. The fourth-order valence-electron chi connectivity index (χ4n) is 5.10. The number of pyridine rings is 1. The number of benzene rings is 1. The van der Waals surface area contributed by atoms with Gasteiger partial charge in [-0.25, -0.2) is 9.37 Å². The average molecular weight is 442 g/mol. The van der Waals surface area contributed by atoms with Crippen LogP contribution in [0.5, 0.6) is 11.6 Å². The van der Waals surface area contributed by atoms with Crippen molar-refractivity contribution < 1.29 is 23.8 Å². The molecule has 5 nitrogen and oxygen atoms in total. The van der Waals surface area contributed by atoms with Crippen LogP contribution < -0.4 is 9.47 Å². The standard InChI is InChI=1S/C26H32FNO4/c1-16(26(29)30)25(19-10-11-19)20-4-3-5-21(12-20)32-15-17-6-8-18(9-7-17)22-13-24(31-2)28-14-23(22)27/h3-5,12-14,16-19,25H,6-11,15H2,1-2H3,(H,29,30)/t16?,17-,18-,25-/m0/s1. The summed E-state index contributed by atoms with van der Waals surface area (Å²) in [5.41, 5.74) is 1.76. The van der Waals surface area contributed by atoms with Crippen LogP contribution in [0.15, 0.2) is 36.5 Å². The quantitative estimate of drug-likeness (QED) is 0.533. The molecular weight excluding hydrogens is 409 g/mol. The lowest BCUT2D eigenvalue weighted by Crippen LogP contribution is -2.21. The van der Waals surface area contributed by atoms with Crippen LogP contribution in [0.25, 0.3) is 0 Å². The number of hydrogen-bond donors (Lipinski definition) is 1. The number of carboxylic acid groups (broad SMARTS) is 1. The average Bonchev–Trinajstić information content (AvgIpc) is 3.64. The Bertz CT molecular complexity index is 937. The molecule has 1 aromatic heterocycles. The van der Waals surface area contributed by atoms with E-state index >= 15 is 0 Å². The smallest absolute Gasteiger partial charge is 0.306 e. The third-order valence-corrected chi connectivity index (χ3v) is 7.14. The van der Waals surface area contributed by atoms with E-state index in [-0.39, 0.29) is 17.7 Å². The Morgan fingerprint density at radius 2 is 1.94 bits per heavy atom. The number of hydrogen-bond acceptors (Lipinski definition) is 4. The maximum absolute atomic E-state index is 14.2. The molecule has 0 saturated heterocycles. The molecule has 2 aliphatic carbocycles. The number of rotatable bonds is 9. The number of ether oxygens (including phenoxy) is 2. The van der Waals surface area contributed by atoms with E-state index in [1.807, 2.05) is 24.3 Å². The van der Waals surface area contributed by atoms with Gasteiger partial charge in [-0.3, -0.25) is 4.79 Å². The Kier molecular flexibility index (Phi) is 6.97. The normalized spacial score (nSPS) is 22.7. The van der Waals surface area contributed by atoms with Gasteiger partial charge in [0.25, 0.3) is 0 Å². The van der Waals surface area contributed by atoms with Crippen LogP contribution in [0.1, 0.15) is 68.4 Å². The summed E-state index contributed by atoms with van der Waals surface area (Å²) < 4.78 is 25.5. The summed E-state index contributed by atoms with van der Waals surface area (Å²) in [4.78, 5) is 15.5. The third-order valence-electron chi connectivity index (χ3n) is 7.14. The zero-order chi connectivity index (χ0) is 22.7. The first-order valence-electron chi connectivity index (χ1n) is 11.6. The number of halogens is 1. The Morgan fingerprint density at radius 1 is 1.19 bits per heavy atom. The Morgan fingerprint density at radius 3 is 2.59 bits per heavy atom. The second-order valence-corrected chi connectivity index (χ2v) is 9.34. The lowest BCUT2D eigenvalue weighted by molar-refractivity contribution is -0.142. The molecule has 1 aromatic carbocycles. The number of aliphatic carboxylic acids is 1. The molecule has 2 aliphatic rings. The van der Waals surface area contributed by atoms with Crippen molar-refractivity contribution in [1.82, 2.24) is 4.98 Å². The summed E-state index contributed by atoms with van der Waals surface area (Å²) in [6.07, 6.45) is 7.23. The Balaban J connectivity index is 1.33. The highest BCUT2D eigenvalue weighted by atomic mass is 19.1. The van der Waals surface area contributed by atoms with Crippen LogP contribution in [0.4, 0.5) is 4.39 Å². The van der Waals surface area contributed by atoms with Crippen LogP contribution >= 0.6 is 0 Å². The molecule has 172 valence electrons. The fraction of sp³-hybridized carbons (Fsp3) is 0.538. The van der Waals surface area contributed by atoms with Crippen molar-refractivity contribution in [1.29, 1.82) is 0 Å². The Hall–Kier alpha value is -2.63. The van der Waals surface area contributed by atoms with Gasteiger partial charge in [-0.2, -0.15) is 0 Å². The van der Waals surface area contributed by atoms with Gasteiger partial charge in [-0.05, 0) is 85.5 Å². The molecule has 0 amide bonds. The zero-order valence-electron chi connectivity index (χ0n) is 18.8. The largest absolute Gasteiger partial charge is 0.493 e. The highest BCUT2D eigenvalue weighted by molar-refractivity contribution is 5.71. The molecule has 4 rings (SSSR count). The van der Waals surface area contributed by atoms with Crippen LogP contribution in [0, 0.1) is 23.6 Å². The summed E-state index contributed by atoms with van der Waals surface area (Å²) in [6, 6.07) is 9.68. The molecule has 6 heteroatoms. The molecule has 32 heavy (non-hydrogen) atoms. The predicted molar refractivity (Wildman–Crippen MR) is 120 cm³/mol. The van der Waals surface area contributed by atoms with Gasteiger partial charge in [0.2, 0.25) is 5.88 Å². The highest BCUT2D eigenvalue weighted by Crippen LogP contribution is 2.47. The van der Waals surface area contributed by atoms with E-state index < -0.39 is 11.9 Å². The summed E-state index contributed by atoms with van der Waals surface area (Å²) in [6.45, 7) is 2.43. The van der Waals surface area contributed by atoms with E-state index in [2.05, 4.69) is 4.98 Å². The lowest BCUT2D eigenvalue weighted by atomic mass is 9.79. The van der Waals surface area contributed by atoms with Gasteiger partial charge in [-0.15, -0.1) is 0 Å². The first-order chi connectivity index (χ1) is 15.5. The highest BCUT2D eigenvalue weighted by Gasteiger charge is 2.38. The fourth-order valence-corrected chi connectivity index (χ4v) is 5.10. The monoisotopic (exact) mass is 441 g/mol. The predicted octanol–water partition coefficient (Wildman–Crippen LogP) is 5.80. The molecule has 0 radical (unpaired) electrons. The van der Waals surface area contributed by atoms with Crippen LogP contribution in [-0.2, 0) is 4.79 Å². The maximum atomic E-state index is 14.2. The molecule has 0 spiro atoms. The molecule has 1 N–H and O–H groups in total. The molecular formula is C26H32FNO4. The minimum atomic E-state index is -0.742. The number of nitrogens with zero attached hydrogens (tertiary/aromatic N) is 1. The van der Waals surface area contributed by atoms with Crippen molar-refractivity contribution in [2.24, 2.45) is 17.8 Å². The molecule has 0 aliphatic heterocycles. The van der Waals surface area contributed by atoms with Crippen LogP contribution in [0.3, 0.4) is 0 Å². The molecule has 2 saturated carbocycles. The van der Waals surface area contributed by atoms with E-state index in [4.69, 9.17) is 9.47 Å². The first kappa shape index (κ1) is 22.6. The Labute approximate surface area is 189 Å². The van der Waals surface area contributed by atoms with Crippen molar-refractivity contribution in [3.8, 4) is 11.6 Å². The van der Waals surface area contributed by atoms with Gasteiger partial charge in [0, 0.05) is 6.07 Å². The van der Waals surface area contributed by atoms with Crippen LogP contribution in [-0.4, -0.2) is 29.8 Å². The molecule has 2 atom stereocenters. The summed E-state index contributed by atoms with van der Waals surface area (Å²) in [7, 11) is 1.54. The van der Waals surface area contributed by atoms with Gasteiger partial charge < -0.3 is 14.6 Å². The van der Waals surface area contributed by atoms with Gasteiger partial charge in [0.1, 0.15) is 11.6 Å². The van der Waals surface area contributed by atoms with Gasteiger partial charge in [0.05, 0.1) is 25.8 Å². The SMILES string of the molecule is COc1cc([C@H]2CC[C@H](COc3cccc([C@H](C4CC4)C(C)C(=O)O)c3)CC2)c(F)cn1. The van der Waals surface area contributed by atoms with Gasteiger partial charge >= 0.3 is 5.97 Å². The second kappa shape index (κ2) is 9.88. The van der Waals surface area contributed by atoms with Gasteiger partial charge in [-0.1, -0.05) is 19.1 Å². The maximum Gasteiger partial charge on any atom is 0.306 e. The van der Waals surface area contributed by atoms with Crippen molar-refractivity contribution in [3.63, 3.8) is 0 Å². The minimum Gasteiger partial charge on any atom is -0.493 e. The minimum absolute atomic E-state index is 0.0405. The third kappa shape index (κ3) is 5.22. The van der Waals surface area contributed by atoms with Crippen molar-refractivity contribution >= 4 is 5.97 Å². The molecule has 1 unspecified atom stereocenters. The van der Waals surface area contributed by atoms with Crippen molar-refractivity contribution in [2.45, 2.75) is 57.3 Å². The van der Waals surface area contributed by atoms with Crippen molar-refractivity contribution in [3.05, 3.63) is 53.5 Å². The van der Waals surface area contributed by atoms with E-state index in [1.54, 1.807) is 20.1 Å². The van der Waals surface area contributed by atoms with Gasteiger partial charge in [0.15, 0.2) is 0 Å². The van der Waals surface area contributed by atoms with Crippen LogP contribution in [0.2, 0.25) is 0 Å². The molecule has 2 fully saturated rings. The second-order valence-electron chi connectivity index (χ2n) is 9.34. The van der Waals surface area contributed by atoms with Crippen molar-refractivity contribution in [2.75, 3.05) is 13.7 Å². The number of carbonyl (C=O) groups is 1. The molecule has 0 bridgehead atoms. The van der Waals surface area contributed by atoms with E-state index in [1.165, 1.54) is 6.20 Å². The number of methoxy groups -OCH3 is 1. The van der Waals surface area contributed by atoms with E-state index in [0.29, 0.717) is 29.9 Å². The topological polar surface area (TPSA) is 68.7 Å². The van der Waals surface area contributed by atoms with E-state index in [0.717, 1.165) is 49.8 Å². The number of carboxylic acids is 1.